The third kappa shape index (κ3) is 6.82. The van der Waals surface area contributed by atoms with E-state index in [9.17, 15) is 14.4 Å². The number of rotatable bonds is 9. The van der Waals surface area contributed by atoms with Gasteiger partial charge in [0.2, 0.25) is 17.7 Å². The van der Waals surface area contributed by atoms with Gasteiger partial charge in [-0.15, -0.1) is 5.10 Å². The highest BCUT2D eigenvalue weighted by molar-refractivity contribution is 6.02. The van der Waals surface area contributed by atoms with Crippen molar-refractivity contribution in [2.75, 3.05) is 16.8 Å². The van der Waals surface area contributed by atoms with Crippen LogP contribution in [-0.4, -0.2) is 44.9 Å². The summed E-state index contributed by atoms with van der Waals surface area (Å²) in [4.78, 5) is 41.0. The van der Waals surface area contributed by atoms with E-state index in [1.807, 2.05) is 52.0 Å². The minimum Gasteiger partial charge on any atom is -0.494 e. The molecule has 1 atom stereocenters. The highest BCUT2D eigenvalue weighted by Gasteiger charge is 2.35. The monoisotopic (exact) mass is 542 g/mol. The first kappa shape index (κ1) is 28.3. The molecule has 0 radical (unpaired) electrons. The number of hydrogen-bond donors (Lipinski definition) is 2. The summed E-state index contributed by atoms with van der Waals surface area (Å²) < 4.78 is 7.12. The van der Waals surface area contributed by atoms with Crippen LogP contribution in [0.1, 0.15) is 46.2 Å². The summed E-state index contributed by atoms with van der Waals surface area (Å²) in [6.45, 7) is 9.33. The molecule has 10 heteroatoms. The van der Waals surface area contributed by atoms with E-state index in [2.05, 4.69) is 20.9 Å². The van der Waals surface area contributed by atoms with Crippen LogP contribution >= 0.6 is 0 Å². The summed E-state index contributed by atoms with van der Waals surface area (Å²) in [6, 6.07) is 20.3. The third-order valence-corrected chi connectivity index (χ3v) is 5.95. The van der Waals surface area contributed by atoms with Crippen LogP contribution in [0.2, 0.25) is 0 Å². The standard InChI is InChI=1S/C30H34N6O4/c1-6-40-24-17-11-21(12-18-24)28(29(39)32-30(3,4)5)36(23-15-13-22(14-16-23)31-20(2)37)27(38)19-35-26-10-8-7-9-25(26)33-34-35/h7-18,28H,6,19H2,1-5H3,(H,31,37)(H,32,39)/t28-/m0/s1. The maximum atomic E-state index is 14.1. The molecular formula is C30H34N6O4. The van der Waals surface area contributed by atoms with Crippen molar-refractivity contribution in [3.8, 4) is 5.75 Å². The van der Waals surface area contributed by atoms with Gasteiger partial charge < -0.3 is 15.4 Å². The summed E-state index contributed by atoms with van der Waals surface area (Å²) in [5.41, 5.74) is 2.47. The number of ether oxygens (including phenoxy) is 1. The third-order valence-electron chi connectivity index (χ3n) is 5.95. The Morgan fingerprint density at radius 3 is 2.27 bits per heavy atom. The number of fused-ring (bicyclic) bond motifs is 1. The number of nitrogens with one attached hydrogen (secondary N) is 2. The van der Waals surface area contributed by atoms with E-state index in [1.54, 1.807) is 48.5 Å². The Kier molecular flexibility index (Phi) is 8.47. The molecule has 0 aliphatic heterocycles. The Morgan fingerprint density at radius 2 is 1.65 bits per heavy atom. The van der Waals surface area contributed by atoms with Crippen LogP contribution in [-0.2, 0) is 20.9 Å². The summed E-state index contributed by atoms with van der Waals surface area (Å²) >= 11 is 0. The zero-order valence-electron chi connectivity index (χ0n) is 23.3. The predicted molar refractivity (Wildman–Crippen MR) is 154 cm³/mol. The number of nitrogens with zero attached hydrogens (tertiary/aromatic N) is 4. The van der Waals surface area contributed by atoms with E-state index >= 15 is 0 Å². The average molecular weight is 543 g/mol. The predicted octanol–water partition coefficient (Wildman–Crippen LogP) is 4.48. The number of para-hydroxylation sites is 1. The van der Waals surface area contributed by atoms with Gasteiger partial charge in [0.05, 0.1) is 12.1 Å². The van der Waals surface area contributed by atoms with E-state index in [0.717, 1.165) is 0 Å². The van der Waals surface area contributed by atoms with Crippen LogP contribution in [0.3, 0.4) is 0 Å². The molecule has 0 fully saturated rings. The number of carbonyl (C=O) groups is 3. The van der Waals surface area contributed by atoms with Crippen molar-refractivity contribution in [3.05, 3.63) is 78.4 Å². The van der Waals surface area contributed by atoms with Crippen molar-refractivity contribution in [2.24, 2.45) is 0 Å². The van der Waals surface area contributed by atoms with Gasteiger partial charge in [-0.05, 0) is 81.8 Å². The first-order valence-electron chi connectivity index (χ1n) is 13.1. The van der Waals surface area contributed by atoms with Gasteiger partial charge in [0.1, 0.15) is 23.9 Å². The summed E-state index contributed by atoms with van der Waals surface area (Å²) in [5.74, 6) is -0.270. The maximum absolute atomic E-state index is 14.1. The average Bonchev–Trinajstić information content (AvgIpc) is 3.30. The quantitative estimate of drug-likeness (QED) is 0.322. The van der Waals surface area contributed by atoms with Gasteiger partial charge in [-0.25, -0.2) is 4.68 Å². The molecule has 40 heavy (non-hydrogen) atoms. The molecule has 1 aromatic heterocycles. The fourth-order valence-electron chi connectivity index (χ4n) is 4.35. The van der Waals surface area contributed by atoms with Gasteiger partial charge in [0.15, 0.2) is 0 Å². The Bertz CT molecular complexity index is 1490. The van der Waals surface area contributed by atoms with Gasteiger partial charge in [-0.2, -0.15) is 0 Å². The summed E-state index contributed by atoms with van der Waals surface area (Å²) in [7, 11) is 0. The van der Waals surface area contributed by atoms with Crippen LogP contribution in [0.4, 0.5) is 11.4 Å². The lowest BCUT2D eigenvalue weighted by Gasteiger charge is -2.34. The summed E-state index contributed by atoms with van der Waals surface area (Å²) in [5, 5.41) is 14.1. The molecule has 0 saturated carbocycles. The van der Waals surface area contributed by atoms with Crippen molar-refractivity contribution in [1.82, 2.24) is 20.3 Å². The van der Waals surface area contributed by atoms with Gasteiger partial charge in [-0.1, -0.05) is 29.5 Å². The normalized spacial score (nSPS) is 12.0. The number of hydrogen-bond acceptors (Lipinski definition) is 6. The molecule has 0 aliphatic rings. The van der Waals surface area contributed by atoms with Gasteiger partial charge in [0, 0.05) is 23.8 Å². The zero-order chi connectivity index (χ0) is 28.9. The number of carbonyl (C=O) groups excluding carboxylic acids is 3. The molecule has 0 bridgehead atoms. The molecule has 0 saturated heterocycles. The topological polar surface area (TPSA) is 118 Å². The molecule has 4 rings (SSSR count). The molecule has 3 amide bonds. The van der Waals surface area contributed by atoms with Crippen LogP contribution < -0.4 is 20.3 Å². The Balaban J connectivity index is 1.81. The molecule has 3 aromatic carbocycles. The van der Waals surface area contributed by atoms with Crippen molar-refractivity contribution in [1.29, 1.82) is 0 Å². The Labute approximate surface area is 233 Å². The van der Waals surface area contributed by atoms with Crippen LogP contribution in [0.25, 0.3) is 11.0 Å². The summed E-state index contributed by atoms with van der Waals surface area (Å²) in [6.07, 6.45) is 0. The van der Waals surface area contributed by atoms with E-state index in [-0.39, 0.29) is 24.3 Å². The van der Waals surface area contributed by atoms with E-state index in [1.165, 1.54) is 16.5 Å². The highest BCUT2D eigenvalue weighted by atomic mass is 16.5. The second kappa shape index (κ2) is 12.0. The van der Waals surface area contributed by atoms with Crippen molar-refractivity contribution in [2.45, 2.75) is 52.7 Å². The molecular weight excluding hydrogens is 508 g/mol. The van der Waals surface area contributed by atoms with Gasteiger partial charge in [-0.3, -0.25) is 19.3 Å². The Hall–Kier alpha value is -4.73. The van der Waals surface area contributed by atoms with E-state index in [4.69, 9.17) is 4.74 Å². The van der Waals surface area contributed by atoms with E-state index in [0.29, 0.717) is 40.3 Å². The lowest BCUT2D eigenvalue weighted by atomic mass is 10.0. The fourth-order valence-corrected chi connectivity index (χ4v) is 4.35. The molecule has 0 unspecified atom stereocenters. The smallest absolute Gasteiger partial charge is 0.249 e. The molecule has 0 aliphatic carbocycles. The minimum absolute atomic E-state index is 0.149. The molecule has 4 aromatic rings. The second-order valence-electron chi connectivity index (χ2n) is 10.4. The number of benzene rings is 3. The Morgan fingerprint density at radius 1 is 0.975 bits per heavy atom. The molecule has 10 nitrogen and oxygen atoms in total. The largest absolute Gasteiger partial charge is 0.494 e. The maximum Gasteiger partial charge on any atom is 0.249 e. The minimum atomic E-state index is -1.01. The molecule has 0 spiro atoms. The van der Waals surface area contributed by atoms with Crippen molar-refractivity contribution < 1.29 is 19.1 Å². The van der Waals surface area contributed by atoms with Crippen molar-refractivity contribution >= 4 is 40.1 Å². The second-order valence-corrected chi connectivity index (χ2v) is 10.4. The molecule has 1 heterocycles. The number of amides is 3. The lowest BCUT2D eigenvalue weighted by molar-refractivity contribution is -0.128. The van der Waals surface area contributed by atoms with Crippen LogP contribution in [0.5, 0.6) is 5.75 Å². The number of aromatic nitrogens is 3. The van der Waals surface area contributed by atoms with Gasteiger partial charge in [0.25, 0.3) is 0 Å². The SMILES string of the molecule is CCOc1ccc([C@@H](C(=O)NC(C)(C)C)N(C(=O)Cn2nnc3ccccc32)c2ccc(NC(C)=O)cc2)cc1. The lowest BCUT2D eigenvalue weighted by Crippen LogP contribution is -2.50. The zero-order valence-corrected chi connectivity index (χ0v) is 23.3. The first-order valence-corrected chi connectivity index (χ1v) is 13.1. The molecule has 208 valence electrons. The number of anilines is 2. The van der Waals surface area contributed by atoms with Crippen LogP contribution in [0.15, 0.2) is 72.8 Å². The van der Waals surface area contributed by atoms with Crippen molar-refractivity contribution in [3.63, 3.8) is 0 Å². The fraction of sp³-hybridized carbons (Fsp3) is 0.300. The van der Waals surface area contributed by atoms with Crippen LogP contribution in [0, 0.1) is 0 Å². The molecule has 2 N–H and O–H groups in total. The highest BCUT2D eigenvalue weighted by Crippen LogP contribution is 2.31. The first-order chi connectivity index (χ1) is 19.1. The van der Waals surface area contributed by atoms with E-state index < -0.39 is 11.6 Å². The van der Waals surface area contributed by atoms with Gasteiger partial charge >= 0.3 is 0 Å².